The van der Waals surface area contributed by atoms with E-state index in [9.17, 15) is 14.9 Å². The van der Waals surface area contributed by atoms with Crippen LogP contribution in [0.3, 0.4) is 0 Å². The number of hydrogen-bond acceptors (Lipinski definition) is 6. The topological polar surface area (TPSA) is 112 Å². The Kier molecular flexibility index (Phi) is 5.49. The van der Waals surface area contributed by atoms with E-state index >= 15 is 0 Å². The van der Waals surface area contributed by atoms with Gasteiger partial charge in [-0.05, 0) is 41.7 Å². The molecule has 0 saturated carbocycles. The van der Waals surface area contributed by atoms with Crippen LogP contribution < -0.4 is 11.2 Å². The van der Waals surface area contributed by atoms with Crippen LogP contribution in [0.2, 0.25) is 5.02 Å². The van der Waals surface area contributed by atoms with E-state index in [0.717, 1.165) is 5.56 Å². The van der Waals surface area contributed by atoms with Crippen LogP contribution >= 0.6 is 11.6 Å². The highest BCUT2D eigenvalue weighted by Crippen LogP contribution is 2.48. The first-order chi connectivity index (χ1) is 15.2. The van der Waals surface area contributed by atoms with Crippen molar-refractivity contribution in [3.63, 3.8) is 0 Å². The van der Waals surface area contributed by atoms with Crippen LogP contribution in [-0.2, 0) is 4.79 Å². The summed E-state index contributed by atoms with van der Waals surface area (Å²) in [5.41, 5.74) is 11.3. The molecule has 162 valence electrons. The zero-order chi connectivity index (χ0) is 23.0. The number of halogens is 1. The molecule has 1 aliphatic heterocycles. The Morgan fingerprint density at radius 1 is 1.22 bits per heavy atom. The number of rotatable bonds is 3. The highest BCUT2D eigenvalue weighted by atomic mass is 35.5. The second kappa shape index (κ2) is 8.13. The molecule has 7 nitrogen and oxygen atoms in total. The summed E-state index contributed by atoms with van der Waals surface area (Å²) in [6, 6.07) is 12.3. The number of aromatic nitrogens is 1. The number of amides is 1. The van der Waals surface area contributed by atoms with Crippen LogP contribution in [0, 0.1) is 16.7 Å². The molecule has 0 bridgehead atoms. The number of nitriles is 1. The van der Waals surface area contributed by atoms with Crippen molar-refractivity contribution in [2.24, 2.45) is 11.1 Å². The number of hydrogen-bond donors (Lipinski definition) is 2. The number of ketones is 1. The minimum Gasteiger partial charge on any atom is -0.383 e. The summed E-state index contributed by atoms with van der Waals surface area (Å²) in [6.07, 6.45) is 3.87. The van der Waals surface area contributed by atoms with Crippen molar-refractivity contribution in [3.05, 3.63) is 87.6 Å². The predicted molar refractivity (Wildman–Crippen MR) is 120 cm³/mol. The number of Topliss-reactive ketones (excluding diaryl/α,β-unsaturated/α-hetero) is 1. The lowest BCUT2D eigenvalue weighted by Crippen LogP contribution is -2.49. The van der Waals surface area contributed by atoms with E-state index in [1.807, 2.05) is 13.8 Å². The predicted octanol–water partition coefficient (Wildman–Crippen LogP) is 3.82. The SMILES string of the molecule is CC1(C)CC(=O)C2=C(C1)N(NC(=O)c1ccncc1)C(N)=C(C#N)C2c1ccc(Cl)cc1. The van der Waals surface area contributed by atoms with Gasteiger partial charge < -0.3 is 5.73 Å². The van der Waals surface area contributed by atoms with Gasteiger partial charge >= 0.3 is 0 Å². The van der Waals surface area contributed by atoms with E-state index in [0.29, 0.717) is 34.7 Å². The Labute approximate surface area is 191 Å². The van der Waals surface area contributed by atoms with E-state index in [1.54, 1.807) is 36.4 Å². The second-order valence-electron chi connectivity index (χ2n) is 8.71. The third-order valence-electron chi connectivity index (χ3n) is 5.74. The van der Waals surface area contributed by atoms with E-state index in [2.05, 4.69) is 16.5 Å². The molecular weight excluding hydrogens is 426 g/mol. The van der Waals surface area contributed by atoms with Gasteiger partial charge in [0.05, 0.1) is 23.3 Å². The van der Waals surface area contributed by atoms with Gasteiger partial charge in [0.25, 0.3) is 5.91 Å². The van der Waals surface area contributed by atoms with Gasteiger partial charge in [0.2, 0.25) is 0 Å². The number of nitrogens with one attached hydrogen (secondary N) is 1. The van der Waals surface area contributed by atoms with Crippen molar-refractivity contribution >= 4 is 23.3 Å². The van der Waals surface area contributed by atoms with Gasteiger partial charge in [-0.25, -0.2) is 5.01 Å². The van der Waals surface area contributed by atoms with Crippen LogP contribution in [0.1, 0.15) is 48.5 Å². The van der Waals surface area contributed by atoms with Crippen molar-refractivity contribution in [2.75, 3.05) is 0 Å². The van der Waals surface area contributed by atoms with E-state index in [1.165, 1.54) is 17.4 Å². The molecule has 1 aliphatic carbocycles. The molecular formula is C24H22ClN5O2. The lowest BCUT2D eigenvalue weighted by molar-refractivity contribution is -0.118. The van der Waals surface area contributed by atoms with E-state index < -0.39 is 11.8 Å². The quantitative estimate of drug-likeness (QED) is 0.739. The monoisotopic (exact) mass is 447 g/mol. The number of carbonyl (C=O) groups excluding carboxylic acids is 2. The zero-order valence-corrected chi connectivity index (χ0v) is 18.5. The molecule has 32 heavy (non-hydrogen) atoms. The number of carbonyl (C=O) groups is 2. The van der Waals surface area contributed by atoms with Gasteiger partial charge in [-0.1, -0.05) is 37.6 Å². The van der Waals surface area contributed by atoms with Crippen molar-refractivity contribution in [1.82, 2.24) is 15.4 Å². The fourth-order valence-electron chi connectivity index (χ4n) is 4.29. The van der Waals surface area contributed by atoms with Crippen LogP contribution in [-0.4, -0.2) is 21.7 Å². The van der Waals surface area contributed by atoms with Crippen molar-refractivity contribution in [3.8, 4) is 6.07 Å². The first kappa shape index (κ1) is 21.6. The molecule has 1 aromatic carbocycles. The molecule has 8 heteroatoms. The third-order valence-corrected chi connectivity index (χ3v) is 5.99. The molecule has 4 rings (SSSR count). The zero-order valence-electron chi connectivity index (χ0n) is 17.7. The van der Waals surface area contributed by atoms with Gasteiger partial charge in [-0.3, -0.25) is 20.0 Å². The van der Waals surface area contributed by atoms with Crippen LogP contribution in [0.15, 0.2) is 71.5 Å². The largest absolute Gasteiger partial charge is 0.383 e. The first-order valence-electron chi connectivity index (χ1n) is 10.1. The molecule has 1 amide bonds. The number of hydrazine groups is 1. The molecule has 1 atom stereocenters. The summed E-state index contributed by atoms with van der Waals surface area (Å²) in [5.74, 6) is -1.01. The summed E-state index contributed by atoms with van der Waals surface area (Å²) in [7, 11) is 0. The normalized spacial score (nSPS) is 20.0. The smallest absolute Gasteiger partial charge is 0.270 e. The Bertz CT molecular complexity index is 1190. The number of nitrogens with two attached hydrogens (primary N) is 1. The third kappa shape index (κ3) is 3.85. The number of benzene rings is 1. The van der Waals surface area contributed by atoms with Gasteiger partial charge in [0.1, 0.15) is 5.82 Å². The first-order valence-corrected chi connectivity index (χ1v) is 10.5. The minimum atomic E-state index is -0.620. The van der Waals surface area contributed by atoms with Crippen LogP contribution in [0.25, 0.3) is 0 Å². The highest BCUT2D eigenvalue weighted by Gasteiger charge is 2.44. The van der Waals surface area contributed by atoms with Gasteiger partial charge in [-0.2, -0.15) is 5.26 Å². The maximum atomic E-state index is 13.4. The van der Waals surface area contributed by atoms with Gasteiger partial charge in [0, 0.05) is 35.0 Å². The Hall–Kier alpha value is -3.63. The van der Waals surface area contributed by atoms with E-state index in [-0.39, 0.29) is 22.6 Å². The molecule has 0 radical (unpaired) electrons. The maximum absolute atomic E-state index is 13.4. The Morgan fingerprint density at radius 2 is 1.88 bits per heavy atom. The van der Waals surface area contributed by atoms with Crippen molar-refractivity contribution < 1.29 is 9.59 Å². The second-order valence-corrected chi connectivity index (χ2v) is 9.15. The Morgan fingerprint density at radius 3 is 2.50 bits per heavy atom. The van der Waals surface area contributed by atoms with E-state index in [4.69, 9.17) is 17.3 Å². The molecule has 1 unspecified atom stereocenters. The summed E-state index contributed by atoms with van der Waals surface area (Å²) < 4.78 is 0. The Balaban J connectivity index is 1.86. The fraction of sp³-hybridized carbons (Fsp3) is 0.250. The molecule has 2 heterocycles. The van der Waals surface area contributed by atoms with Crippen LogP contribution in [0.5, 0.6) is 0 Å². The lowest BCUT2D eigenvalue weighted by atomic mass is 9.69. The standard InChI is InChI=1S/C24H22ClN5O2/c1-24(2)11-18-21(19(31)12-24)20(14-3-5-16(25)6-4-14)17(13-26)22(27)30(18)29-23(32)15-7-9-28-10-8-15/h3-10,20H,11-12,27H2,1-2H3,(H,29,32). The maximum Gasteiger partial charge on any atom is 0.270 e. The van der Waals surface area contributed by atoms with Crippen molar-refractivity contribution in [1.29, 1.82) is 5.26 Å². The lowest BCUT2D eigenvalue weighted by Gasteiger charge is -2.43. The summed E-state index contributed by atoms with van der Waals surface area (Å²) >= 11 is 6.05. The summed E-state index contributed by atoms with van der Waals surface area (Å²) in [6.45, 7) is 3.99. The summed E-state index contributed by atoms with van der Waals surface area (Å²) in [5, 5.41) is 12.0. The van der Waals surface area contributed by atoms with Gasteiger partial charge in [-0.15, -0.1) is 0 Å². The van der Waals surface area contributed by atoms with Gasteiger partial charge in [0.15, 0.2) is 5.78 Å². The van der Waals surface area contributed by atoms with Crippen LogP contribution in [0.4, 0.5) is 0 Å². The molecule has 2 aromatic rings. The average molecular weight is 448 g/mol. The average Bonchev–Trinajstić information content (AvgIpc) is 2.76. The molecule has 3 N–H and O–H groups in total. The number of allylic oxidation sites excluding steroid dienone is 3. The minimum absolute atomic E-state index is 0.0698. The fourth-order valence-corrected chi connectivity index (χ4v) is 4.42. The molecule has 0 saturated heterocycles. The van der Waals surface area contributed by atoms with Crippen molar-refractivity contribution in [2.45, 2.75) is 32.6 Å². The number of nitrogens with zero attached hydrogens (tertiary/aromatic N) is 3. The number of pyridine rings is 1. The molecule has 2 aliphatic rings. The molecule has 0 spiro atoms. The molecule has 0 fully saturated rings. The molecule has 1 aromatic heterocycles. The summed E-state index contributed by atoms with van der Waals surface area (Å²) in [4.78, 5) is 30.2. The highest BCUT2D eigenvalue weighted by molar-refractivity contribution is 6.30.